The number of hydrogen-bond donors (Lipinski definition) is 1. The second-order valence-electron chi connectivity index (χ2n) is 8.96. The summed E-state index contributed by atoms with van der Waals surface area (Å²) >= 11 is 0. The molecule has 4 rings (SSSR count). The minimum Gasteiger partial charge on any atom is -0.355 e. The van der Waals surface area contributed by atoms with Gasteiger partial charge in [0.25, 0.3) is 5.91 Å². The Morgan fingerprint density at radius 2 is 2.00 bits per heavy atom. The molecule has 172 valence electrons. The number of nitrogens with one attached hydrogen (secondary N) is 1. The SMILES string of the molecule is CN(C)C(=O)[C@@H]1CN(CC2CCC2)CC[C@H]1NC(=O)c1cc(-c2ccc(F)cc2F)on1. The van der Waals surface area contributed by atoms with Gasteiger partial charge in [0.1, 0.15) is 11.6 Å². The van der Waals surface area contributed by atoms with Crippen molar-refractivity contribution in [2.24, 2.45) is 11.8 Å². The number of piperidine rings is 1. The van der Waals surface area contributed by atoms with Crippen LogP contribution in [0, 0.1) is 23.5 Å². The third kappa shape index (κ3) is 4.82. The zero-order valence-electron chi connectivity index (χ0n) is 18.3. The van der Waals surface area contributed by atoms with Crippen LogP contribution in [0.2, 0.25) is 0 Å². The molecule has 0 unspecified atom stereocenters. The number of nitrogens with zero attached hydrogens (tertiary/aromatic N) is 3. The van der Waals surface area contributed by atoms with Gasteiger partial charge in [-0.25, -0.2) is 8.78 Å². The van der Waals surface area contributed by atoms with E-state index in [2.05, 4.69) is 15.4 Å². The molecular weight excluding hydrogens is 418 g/mol. The molecule has 0 bridgehead atoms. The van der Waals surface area contributed by atoms with Gasteiger partial charge in [-0.15, -0.1) is 0 Å². The molecule has 9 heteroatoms. The number of benzene rings is 1. The van der Waals surface area contributed by atoms with Crippen molar-refractivity contribution in [3.05, 3.63) is 41.6 Å². The van der Waals surface area contributed by atoms with Crippen LogP contribution in [0.4, 0.5) is 8.78 Å². The first-order chi connectivity index (χ1) is 15.3. The lowest BCUT2D eigenvalue weighted by Crippen LogP contribution is -2.56. The molecule has 1 saturated carbocycles. The minimum atomic E-state index is -0.802. The van der Waals surface area contributed by atoms with Crippen molar-refractivity contribution in [1.82, 2.24) is 20.3 Å². The maximum atomic E-state index is 14.0. The summed E-state index contributed by atoms with van der Waals surface area (Å²) in [5.74, 6) is -1.64. The maximum Gasteiger partial charge on any atom is 0.273 e. The number of hydrogen-bond acceptors (Lipinski definition) is 5. The molecular formula is C23H28F2N4O3. The molecule has 2 amide bonds. The van der Waals surface area contributed by atoms with E-state index in [1.54, 1.807) is 19.0 Å². The lowest BCUT2D eigenvalue weighted by atomic mass is 9.83. The largest absolute Gasteiger partial charge is 0.355 e. The van der Waals surface area contributed by atoms with E-state index in [1.165, 1.54) is 31.4 Å². The summed E-state index contributed by atoms with van der Waals surface area (Å²) < 4.78 is 32.3. The highest BCUT2D eigenvalue weighted by Crippen LogP contribution is 2.29. The quantitative estimate of drug-likeness (QED) is 0.738. The molecule has 1 aliphatic heterocycles. The molecule has 1 aromatic carbocycles. The van der Waals surface area contributed by atoms with Crippen molar-refractivity contribution in [2.45, 2.75) is 31.7 Å². The van der Waals surface area contributed by atoms with Crippen molar-refractivity contribution in [1.29, 1.82) is 0 Å². The molecule has 7 nitrogen and oxygen atoms in total. The number of carbonyl (C=O) groups is 2. The van der Waals surface area contributed by atoms with Crippen molar-refractivity contribution >= 4 is 11.8 Å². The fourth-order valence-electron chi connectivity index (χ4n) is 4.42. The molecule has 1 aliphatic carbocycles. The Labute approximate surface area is 185 Å². The predicted octanol–water partition coefficient (Wildman–Crippen LogP) is 2.93. The summed E-state index contributed by atoms with van der Waals surface area (Å²) in [4.78, 5) is 29.5. The Kier molecular flexibility index (Phi) is 6.55. The van der Waals surface area contributed by atoms with Gasteiger partial charge in [-0.2, -0.15) is 0 Å². The second kappa shape index (κ2) is 9.36. The highest BCUT2D eigenvalue weighted by molar-refractivity contribution is 5.94. The Morgan fingerprint density at radius 1 is 1.22 bits per heavy atom. The van der Waals surface area contributed by atoms with Crippen LogP contribution in [0.5, 0.6) is 0 Å². The molecule has 1 N–H and O–H groups in total. The van der Waals surface area contributed by atoms with E-state index in [1.807, 2.05) is 0 Å². The zero-order chi connectivity index (χ0) is 22.8. The van der Waals surface area contributed by atoms with Gasteiger partial charge in [0.15, 0.2) is 11.5 Å². The molecule has 2 atom stereocenters. The van der Waals surface area contributed by atoms with Gasteiger partial charge >= 0.3 is 0 Å². The summed E-state index contributed by atoms with van der Waals surface area (Å²) in [6.07, 6.45) is 4.41. The highest BCUT2D eigenvalue weighted by atomic mass is 19.1. The Bertz CT molecular complexity index is 989. The summed E-state index contributed by atoms with van der Waals surface area (Å²) in [6.45, 7) is 2.40. The van der Waals surface area contributed by atoms with Gasteiger partial charge in [-0.05, 0) is 37.3 Å². The van der Waals surface area contributed by atoms with Gasteiger partial charge < -0.3 is 19.6 Å². The number of aromatic nitrogens is 1. The van der Waals surface area contributed by atoms with Gasteiger partial charge in [-0.3, -0.25) is 9.59 Å². The summed E-state index contributed by atoms with van der Waals surface area (Å²) in [7, 11) is 3.43. The molecule has 1 saturated heterocycles. The van der Waals surface area contributed by atoms with Gasteiger partial charge in [0, 0.05) is 51.9 Å². The van der Waals surface area contributed by atoms with E-state index < -0.39 is 17.5 Å². The topological polar surface area (TPSA) is 78.7 Å². The van der Waals surface area contributed by atoms with Crippen molar-refractivity contribution in [2.75, 3.05) is 33.7 Å². The van der Waals surface area contributed by atoms with Crippen LogP contribution < -0.4 is 5.32 Å². The third-order valence-corrected chi connectivity index (χ3v) is 6.45. The molecule has 2 fully saturated rings. The Morgan fingerprint density at radius 3 is 2.66 bits per heavy atom. The van der Waals surface area contributed by atoms with Crippen LogP contribution in [-0.2, 0) is 4.79 Å². The highest BCUT2D eigenvalue weighted by Gasteiger charge is 2.37. The van der Waals surface area contributed by atoms with Crippen molar-refractivity contribution in [3.63, 3.8) is 0 Å². The smallest absolute Gasteiger partial charge is 0.273 e. The monoisotopic (exact) mass is 446 g/mol. The number of amides is 2. The lowest BCUT2D eigenvalue weighted by molar-refractivity contribution is -0.135. The molecule has 32 heavy (non-hydrogen) atoms. The molecule has 2 aromatic rings. The average molecular weight is 446 g/mol. The lowest BCUT2D eigenvalue weighted by Gasteiger charge is -2.41. The van der Waals surface area contributed by atoms with E-state index in [4.69, 9.17) is 4.52 Å². The van der Waals surface area contributed by atoms with Crippen LogP contribution in [0.3, 0.4) is 0 Å². The molecule has 2 aliphatic rings. The van der Waals surface area contributed by atoms with Crippen molar-refractivity contribution in [3.8, 4) is 11.3 Å². The fraction of sp³-hybridized carbons (Fsp3) is 0.522. The summed E-state index contributed by atoms with van der Waals surface area (Å²) in [6, 6.07) is 4.07. The standard InChI is InChI=1S/C23H28F2N4O3/c1-28(2)23(31)17-13-29(12-14-4-3-5-14)9-8-19(17)26-22(30)20-11-21(32-27-20)16-7-6-15(24)10-18(16)25/h6-7,10-11,14,17,19H,3-5,8-9,12-13H2,1-2H3,(H,26,30)/t17-,19-/m1/s1. The normalized spacial score (nSPS) is 21.8. The van der Waals surface area contributed by atoms with Crippen LogP contribution in [0.25, 0.3) is 11.3 Å². The molecule has 2 heterocycles. The first-order valence-electron chi connectivity index (χ1n) is 11.0. The first kappa shape index (κ1) is 22.4. The molecule has 1 aromatic heterocycles. The van der Waals surface area contributed by atoms with Gasteiger partial charge in [-0.1, -0.05) is 11.6 Å². The van der Waals surface area contributed by atoms with Crippen LogP contribution in [0.15, 0.2) is 28.8 Å². The van der Waals surface area contributed by atoms with Crippen LogP contribution in [-0.4, -0.2) is 66.5 Å². The average Bonchev–Trinajstić information content (AvgIpc) is 3.21. The van der Waals surface area contributed by atoms with E-state index in [-0.39, 0.29) is 34.9 Å². The van der Waals surface area contributed by atoms with Gasteiger partial charge in [0.05, 0.1) is 11.5 Å². The second-order valence-corrected chi connectivity index (χ2v) is 8.96. The third-order valence-electron chi connectivity index (χ3n) is 6.45. The van der Waals surface area contributed by atoms with E-state index in [9.17, 15) is 18.4 Å². The van der Waals surface area contributed by atoms with Crippen LogP contribution >= 0.6 is 0 Å². The molecule has 0 spiro atoms. The summed E-state index contributed by atoms with van der Waals surface area (Å²) in [5, 5.41) is 6.67. The minimum absolute atomic E-state index is 0.0166. The number of carbonyl (C=O) groups excluding carboxylic acids is 2. The van der Waals surface area contributed by atoms with E-state index in [0.29, 0.717) is 18.9 Å². The van der Waals surface area contributed by atoms with E-state index in [0.717, 1.165) is 25.2 Å². The number of rotatable bonds is 6. The predicted molar refractivity (Wildman–Crippen MR) is 114 cm³/mol. The van der Waals surface area contributed by atoms with Crippen LogP contribution in [0.1, 0.15) is 36.2 Å². The fourth-order valence-corrected chi connectivity index (χ4v) is 4.42. The summed E-state index contributed by atoms with van der Waals surface area (Å²) in [5.41, 5.74) is -0.000380. The maximum absolute atomic E-state index is 14.0. The van der Waals surface area contributed by atoms with E-state index >= 15 is 0 Å². The zero-order valence-corrected chi connectivity index (χ0v) is 18.3. The Hall–Kier alpha value is -2.81. The first-order valence-corrected chi connectivity index (χ1v) is 11.0. The Balaban J connectivity index is 1.45. The van der Waals surface area contributed by atoms with Gasteiger partial charge in [0.2, 0.25) is 5.91 Å². The molecule has 0 radical (unpaired) electrons. The van der Waals surface area contributed by atoms with Crippen molar-refractivity contribution < 1.29 is 22.9 Å². The number of halogens is 2. The number of likely N-dealkylation sites (tertiary alicyclic amines) is 1.